The van der Waals surface area contributed by atoms with Gasteiger partial charge in [-0.05, 0) is 26.3 Å². The van der Waals surface area contributed by atoms with Crippen LogP contribution >= 0.6 is 0 Å². The molecule has 2 heterocycles. The molecule has 1 amide bonds. The Balaban J connectivity index is 2.06. The second kappa shape index (κ2) is 6.83. The van der Waals surface area contributed by atoms with E-state index in [1.165, 1.54) is 5.56 Å². The Morgan fingerprint density at radius 2 is 1.96 bits per heavy atom. The smallest absolute Gasteiger partial charge is 0.259 e. The molecule has 0 atom stereocenters. The van der Waals surface area contributed by atoms with Gasteiger partial charge in [-0.1, -0.05) is 48.3 Å². The number of fused-ring (bicyclic) bond motifs is 1. The first kappa shape index (κ1) is 16.2. The number of hydrogen-bond donors (Lipinski definition) is 1. The number of carbonyl (C=O) groups is 1. The molecule has 0 unspecified atom stereocenters. The molecule has 0 bridgehead atoms. The number of aromatic nitrogens is 2. The monoisotopic (exact) mass is 323 g/mol. The molecule has 0 aliphatic heterocycles. The fourth-order valence-corrected chi connectivity index (χ4v) is 2.62. The maximum absolute atomic E-state index is 12.6. The fourth-order valence-electron chi connectivity index (χ4n) is 2.62. The van der Waals surface area contributed by atoms with Gasteiger partial charge in [0.05, 0.1) is 22.3 Å². The summed E-state index contributed by atoms with van der Waals surface area (Å²) in [6.45, 7) is 6.61. The van der Waals surface area contributed by atoms with Crippen LogP contribution in [0.15, 0.2) is 34.9 Å². The highest BCUT2D eigenvalue weighted by Crippen LogP contribution is 2.27. The highest BCUT2D eigenvalue weighted by Gasteiger charge is 2.19. The van der Waals surface area contributed by atoms with Crippen LogP contribution in [0, 0.1) is 13.8 Å². The lowest BCUT2D eigenvalue weighted by Gasteiger charge is -2.08. The van der Waals surface area contributed by atoms with E-state index in [0.29, 0.717) is 34.6 Å². The predicted molar refractivity (Wildman–Crippen MR) is 94.0 cm³/mol. The molecule has 5 nitrogen and oxygen atoms in total. The van der Waals surface area contributed by atoms with Gasteiger partial charge in [0.1, 0.15) is 0 Å². The Labute approximate surface area is 141 Å². The van der Waals surface area contributed by atoms with Crippen LogP contribution in [0.2, 0.25) is 0 Å². The first-order valence-corrected chi connectivity index (χ1v) is 8.22. The van der Waals surface area contributed by atoms with Gasteiger partial charge < -0.3 is 9.84 Å². The van der Waals surface area contributed by atoms with Gasteiger partial charge in [0.2, 0.25) is 0 Å². The largest absolute Gasteiger partial charge is 0.352 e. The Bertz CT molecular complexity index is 866. The summed E-state index contributed by atoms with van der Waals surface area (Å²) in [5.41, 5.74) is 4.46. The summed E-state index contributed by atoms with van der Waals surface area (Å²) in [4.78, 5) is 17.1. The maximum Gasteiger partial charge on any atom is 0.259 e. The lowest BCUT2D eigenvalue weighted by Crippen LogP contribution is -2.24. The van der Waals surface area contributed by atoms with Gasteiger partial charge >= 0.3 is 0 Å². The average molecular weight is 323 g/mol. The molecule has 24 heavy (non-hydrogen) atoms. The number of nitrogens with zero attached hydrogens (tertiary/aromatic N) is 2. The normalized spacial score (nSPS) is 11.0. The number of aryl methyl sites for hydroxylation is 2. The second-order valence-electron chi connectivity index (χ2n) is 5.98. The van der Waals surface area contributed by atoms with Crippen molar-refractivity contribution in [3.05, 3.63) is 47.2 Å². The first-order chi connectivity index (χ1) is 11.6. The molecule has 0 aliphatic carbocycles. The Morgan fingerprint density at radius 3 is 2.67 bits per heavy atom. The Morgan fingerprint density at radius 1 is 1.21 bits per heavy atom. The van der Waals surface area contributed by atoms with Crippen molar-refractivity contribution in [1.29, 1.82) is 0 Å². The number of carbonyl (C=O) groups excluding carboxylic acids is 1. The standard InChI is InChI=1S/C19H21N3O2/c1-4-5-10-20-18(23)15-11-16(14-8-6-12(2)7-9-14)21-19-17(15)13(3)22-24-19/h6-9,11H,4-5,10H2,1-3H3,(H,20,23). The zero-order valence-electron chi connectivity index (χ0n) is 14.2. The van der Waals surface area contributed by atoms with E-state index < -0.39 is 0 Å². The van der Waals surface area contributed by atoms with Crippen LogP contribution < -0.4 is 5.32 Å². The van der Waals surface area contributed by atoms with E-state index in [1.807, 2.05) is 44.2 Å². The number of pyridine rings is 1. The molecule has 124 valence electrons. The van der Waals surface area contributed by atoms with E-state index in [1.54, 1.807) is 0 Å². The third-order valence-electron chi connectivity index (χ3n) is 4.02. The van der Waals surface area contributed by atoms with Crippen LogP contribution in [0.25, 0.3) is 22.4 Å². The van der Waals surface area contributed by atoms with Crippen molar-refractivity contribution in [2.45, 2.75) is 33.6 Å². The minimum Gasteiger partial charge on any atom is -0.352 e. The van der Waals surface area contributed by atoms with Crippen LogP contribution in [0.4, 0.5) is 0 Å². The number of unbranched alkanes of at least 4 members (excludes halogenated alkanes) is 1. The van der Waals surface area contributed by atoms with Crippen LogP contribution in [0.5, 0.6) is 0 Å². The molecular weight excluding hydrogens is 302 g/mol. The zero-order valence-corrected chi connectivity index (χ0v) is 14.2. The molecule has 2 aromatic heterocycles. The highest BCUT2D eigenvalue weighted by atomic mass is 16.5. The topological polar surface area (TPSA) is 68.0 Å². The van der Waals surface area contributed by atoms with Crippen LogP contribution in [0.3, 0.4) is 0 Å². The number of benzene rings is 1. The molecule has 3 aromatic rings. The molecular formula is C19H21N3O2. The van der Waals surface area contributed by atoms with Gasteiger partial charge in [-0.15, -0.1) is 0 Å². The number of rotatable bonds is 5. The van der Waals surface area contributed by atoms with Crippen molar-refractivity contribution in [2.75, 3.05) is 6.54 Å². The third-order valence-corrected chi connectivity index (χ3v) is 4.02. The van der Waals surface area contributed by atoms with Crippen molar-refractivity contribution in [2.24, 2.45) is 0 Å². The highest BCUT2D eigenvalue weighted by molar-refractivity contribution is 6.06. The number of nitrogens with one attached hydrogen (secondary N) is 1. The minimum atomic E-state index is -0.115. The molecule has 0 spiro atoms. The lowest BCUT2D eigenvalue weighted by molar-refractivity contribution is 0.0954. The predicted octanol–water partition coefficient (Wildman–Crippen LogP) is 4.04. The summed E-state index contributed by atoms with van der Waals surface area (Å²) in [5.74, 6) is -0.115. The van der Waals surface area contributed by atoms with Gasteiger partial charge in [-0.2, -0.15) is 0 Å². The summed E-state index contributed by atoms with van der Waals surface area (Å²) < 4.78 is 5.31. The third kappa shape index (κ3) is 3.15. The van der Waals surface area contributed by atoms with E-state index in [9.17, 15) is 4.79 Å². The molecule has 0 aliphatic rings. The summed E-state index contributed by atoms with van der Waals surface area (Å²) in [7, 11) is 0. The van der Waals surface area contributed by atoms with Crippen LogP contribution in [-0.2, 0) is 0 Å². The average Bonchev–Trinajstić information content (AvgIpc) is 2.96. The molecule has 5 heteroatoms. The zero-order chi connectivity index (χ0) is 17.1. The van der Waals surface area contributed by atoms with Crippen molar-refractivity contribution >= 4 is 17.0 Å². The minimum absolute atomic E-state index is 0.115. The summed E-state index contributed by atoms with van der Waals surface area (Å²) in [5, 5.41) is 7.61. The van der Waals surface area contributed by atoms with E-state index >= 15 is 0 Å². The number of amides is 1. The van der Waals surface area contributed by atoms with Gasteiger partial charge in [0.25, 0.3) is 11.6 Å². The molecule has 1 N–H and O–H groups in total. The van der Waals surface area contributed by atoms with Gasteiger partial charge in [0, 0.05) is 12.1 Å². The van der Waals surface area contributed by atoms with Gasteiger partial charge in [-0.25, -0.2) is 4.98 Å². The van der Waals surface area contributed by atoms with Crippen molar-refractivity contribution < 1.29 is 9.32 Å². The van der Waals surface area contributed by atoms with E-state index in [-0.39, 0.29) is 5.91 Å². The summed E-state index contributed by atoms with van der Waals surface area (Å²) >= 11 is 0. The van der Waals surface area contributed by atoms with E-state index in [4.69, 9.17) is 4.52 Å². The molecule has 1 aromatic carbocycles. The van der Waals surface area contributed by atoms with Crippen molar-refractivity contribution in [3.63, 3.8) is 0 Å². The van der Waals surface area contributed by atoms with Gasteiger partial charge in [0.15, 0.2) is 0 Å². The van der Waals surface area contributed by atoms with Crippen molar-refractivity contribution in [3.8, 4) is 11.3 Å². The summed E-state index contributed by atoms with van der Waals surface area (Å²) in [6, 6.07) is 9.84. The molecule has 0 fully saturated rings. The molecule has 0 saturated carbocycles. The number of hydrogen-bond acceptors (Lipinski definition) is 4. The molecule has 0 radical (unpaired) electrons. The lowest BCUT2D eigenvalue weighted by atomic mass is 10.0. The Hall–Kier alpha value is -2.69. The van der Waals surface area contributed by atoms with E-state index in [0.717, 1.165) is 18.4 Å². The summed E-state index contributed by atoms with van der Waals surface area (Å²) in [6.07, 6.45) is 1.99. The van der Waals surface area contributed by atoms with Gasteiger partial charge in [-0.3, -0.25) is 4.79 Å². The van der Waals surface area contributed by atoms with Crippen molar-refractivity contribution in [1.82, 2.24) is 15.5 Å². The second-order valence-corrected chi connectivity index (χ2v) is 5.98. The first-order valence-electron chi connectivity index (χ1n) is 8.22. The SMILES string of the molecule is CCCCNC(=O)c1cc(-c2ccc(C)cc2)nc2onc(C)c12. The Kier molecular flexibility index (Phi) is 4.60. The van der Waals surface area contributed by atoms with E-state index in [2.05, 4.69) is 22.4 Å². The van der Waals surface area contributed by atoms with Crippen LogP contribution in [-0.4, -0.2) is 22.6 Å². The van der Waals surface area contributed by atoms with Crippen LogP contribution in [0.1, 0.15) is 41.4 Å². The maximum atomic E-state index is 12.6. The molecule has 0 saturated heterocycles. The molecule has 3 rings (SSSR count). The quantitative estimate of drug-likeness (QED) is 0.720. The fraction of sp³-hybridized carbons (Fsp3) is 0.316.